The third-order valence-electron chi connectivity index (χ3n) is 4.43. The van der Waals surface area contributed by atoms with Gasteiger partial charge < -0.3 is 19.7 Å². The molecule has 1 aromatic rings. The summed E-state index contributed by atoms with van der Waals surface area (Å²) in [5.74, 6) is 0. The SMILES string of the molecule is CC(C)(C)NC(=O)OC[C@H]1C[C@@H](NS(=O)(=O)c2cc(Br)ccc2Br)CN1C(=O)OC(C)(C)C. The van der Waals surface area contributed by atoms with E-state index >= 15 is 0 Å². The van der Waals surface area contributed by atoms with Crippen LogP contribution in [0.2, 0.25) is 0 Å². The van der Waals surface area contributed by atoms with Crippen LogP contribution in [0.25, 0.3) is 0 Å². The molecule has 0 aliphatic carbocycles. The van der Waals surface area contributed by atoms with Gasteiger partial charge in [-0.1, -0.05) is 15.9 Å². The van der Waals surface area contributed by atoms with Gasteiger partial charge in [0.2, 0.25) is 10.0 Å². The molecule has 1 fully saturated rings. The zero-order chi connectivity index (χ0) is 25.2. The zero-order valence-corrected chi connectivity index (χ0v) is 23.6. The van der Waals surface area contributed by atoms with Crippen molar-refractivity contribution in [1.29, 1.82) is 0 Å². The summed E-state index contributed by atoms with van der Waals surface area (Å²) in [6, 6.07) is 3.70. The number of hydrogen-bond acceptors (Lipinski definition) is 6. The Morgan fingerprint density at radius 1 is 1.15 bits per heavy atom. The second-order valence-electron chi connectivity index (χ2n) is 9.89. The maximum absolute atomic E-state index is 13.0. The van der Waals surface area contributed by atoms with E-state index in [2.05, 4.69) is 41.9 Å². The highest BCUT2D eigenvalue weighted by atomic mass is 79.9. The van der Waals surface area contributed by atoms with Crippen molar-refractivity contribution in [1.82, 2.24) is 14.9 Å². The van der Waals surface area contributed by atoms with Gasteiger partial charge in [0.1, 0.15) is 12.2 Å². The molecule has 0 unspecified atom stereocenters. The van der Waals surface area contributed by atoms with Gasteiger partial charge in [-0.05, 0) is 82.1 Å². The molecule has 0 radical (unpaired) electrons. The van der Waals surface area contributed by atoms with Crippen molar-refractivity contribution in [3.05, 3.63) is 27.1 Å². The lowest BCUT2D eigenvalue weighted by molar-refractivity contribution is 0.0154. The quantitative estimate of drug-likeness (QED) is 0.510. The normalized spacial score (nSPS) is 19.3. The van der Waals surface area contributed by atoms with Crippen LogP contribution in [-0.4, -0.2) is 61.9 Å². The number of hydrogen-bond donors (Lipinski definition) is 2. The Morgan fingerprint density at radius 2 is 1.79 bits per heavy atom. The summed E-state index contributed by atoms with van der Waals surface area (Å²) in [6.07, 6.45) is -0.959. The monoisotopic (exact) mass is 611 g/mol. The van der Waals surface area contributed by atoms with Crippen LogP contribution >= 0.6 is 31.9 Å². The minimum Gasteiger partial charge on any atom is -0.447 e. The number of amides is 2. The van der Waals surface area contributed by atoms with Gasteiger partial charge in [-0.2, -0.15) is 0 Å². The minimum absolute atomic E-state index is 0.0740. The minimum atomic E-state index is -3.89. The molecule has 0 spiro atoms. The van der Waals surface area contributed by atoms with Crippen LogP contribution in [0, 0.1) is 0 Å². The van der Waals surface area contributed by atoms with Crippen molar-refractivity contribution in [2.75, 3.05) is 13.2 Å². The Morgan fingerprint density at radius 3 is 2.36 bits per heavy atom. The van der Waals surface area contributed by atoms with Crippen LogP contribution in [0.3, 0.4) is 0 Å². The molecule has 2 amide bonds. The summed E-state index contributed by atoms with van der Waals surface area (Å²) in [5, 5.41) is 2.69. The molecular formula is C21H31Br2N3O6S. The van der Waals surface area contributed by atoms with Gasteiger partial charge in [-0.25, -0.2) is 22.7 Å². The Kier molecular flexibility index (Phi) is 8.86. The Labute approximate surface area is 212 Å². The fourth-order valence-corrected chi connectivity index (χ4v) is 5.93. The molecule has 0 saturated carbocycles. The van der Waals surface area contributed by atoms with E-state index in [1.165, 1.54) is 11.0 Å². The first kappa shape index (κ1) is 27.9. The van der Waals surface area contributed by atoms with E-state index in [4.69, 9.17) is 9.47 Å². The number of likely N-dealkylation sites (tertiary alicyclic amines) is 1. The van der Waals surface area contributed by atoms with Gasteiger partial charge in [-0.3, -0.25) is 0 Å². The van der Waals surface area contributed by atoms with E-state index in [0.29, 0.717) is 8.95 Å². The number of carbonyl (C=O) groups is 2. The van der Waals surface area contributed by atoms with Crippen LogP contribution in [0.4, 0.5) is 9.59 Å². The first-order chi connectivity index (χ1) is 15.0. The van der Waals surface area contributed by atoms with Gasteiger partial charge in [0.15, 0.2) is 0 Å². The molecule has 186 valence electrons. The summed E-state index contributed by atoms with van der Waals surface area (Å²) in [4.78, 5) is 26.4. The summed E-state index contributed by atoms with van der Waals surface area (Å²) in [6.45, 7) is 10.7. The van der Waals surface area contributed by atoms with Crippen molar-refractivity contribution >= 4 is 54.1 Å². The van der Waals surface area contributed by atoms with E-state index in [1.54, 1.807) is 32.9 Å². The molecule has 9 nitrogen and oxygen atoms in total. The highest BCUT2D eigenvalue weighted by Crippen LogP contribution is 2.28. The lowest BCUT2D eigenvalue weighted by atomic mass is 10.1. The first-order valence-corrected chi connectivity index (χ1v) is 13.5. The number of ether oxygens (including phenoxy) is 2. The Bertz CT molecular complexity index is 989. The largest absolute Gasteiger partial charge is 0.447 e. The predicted octanol–water partition coefficient (Wildman–Crippen LogP) is 4.39. The molecule has 2 rings (SSSR count). The molecule has 1 heterocycles. The van der Waals surface area contributed by atoms with Crippen molar-refractivity contribution in [2.45, 2.75) is 76.1 Å². The van der Waals surface area contributed by atoms with Gasteiger partial charge >= 0.3 is 12.2 Å². The average molecular weight is 613 g/mol. The second-order valence-corrected chi connectivity index (χ2v) is 13.3. The average Bonchev–Trinajstić information content (AvgIpc) is 3.01. The van der Waals surface area contributed by atoms with Crippen molar-refractivity contribution < 1.29 is 27.5 Å². The fourth-order valence-electron chi connectivity index (χ4n) is 3.18. The smallest absolute Gasteiger partial charge is 0.410 e. The third kappa shape index (κ3) is 8.73. The van der Waals surface area contributed by atoms with Gasteiger partial charge in [0.25, 0.3) is 0 Å². The number of alkyl carbamates (subject to hydrolysis) is 1. The molecule has 33 heavy (non-hydrogen) atoms. The molecule has 2 N–H and O–H groups in total. The molecule has 0 aromatic heterocycles. The Hall–Kier alpha value is -1.37. The number of sulfonamides is 1. The highest BCUT2D eigenvalue weighted by molar-refractivity contribution is 9.11. The molecule has 2 atom stereocenters. The molecule has 0 bridgehead atoms. The van der Waals surface area contributed by atoms with Crippen molar-refractivity contribution in [3.63, 3.8) is 0 Å². The summed E-state index contributed by atoms with van der Waals surface area (Å²) >= 11 is 6.56. The van der Waals surface area contributed by atoms with Crippen LogP contribution in [0.1, 0.15) is 48.0 Å². The molecule has 12 heteroatoms. The lowest BCUT2D eigenvalue weighted by Crippen LogP contribution is -2.45. The number of halogens is 2. The van der Waals surface area contributed by atoms with Gasteiger partial charge in [-0.15, -0.1) is 0 Å². The maximum atomic E-state index is 13.0. The van der Waals surface area contributed by atoms with E-state index in [1.807, 2.05) is 20.8 Å². The standard InChI is InChI=1S/C21H31Br2N3O6S/c1-20(2,3)24-18(27)31-12-15-10-14(11-26(15)19(28)32-21(4,5)6)25-33(29,30)17-9-13(22)7-8-16(17)23/h7-9,14-15,25H,10-12H2,1-6H3,(H,24,27)/t14-,15-/m1/s1. The summed E-state index contributed by atoms with van der Waals surface area (Å²) in [5.41, 5.74) is -1.21. The second kappa shape index (κ2) is 10.5. The predicted molar refractivity (Wildman–Crippen MR) is 132 cm³/mol. The molecule has 1 aliphatic heterocycles. The molecule has 1 saturated heterocycles. The molecular weight excluding hydrogens is 582 g/mol. The van der Waals surface area contributed by atoms with E-state index < -0.39 is 45.4 Å². The molecule has 1 aliphatic rings. The number of benzene rings is 1. The van der Waals surface area contributed by atoms with Crippen LogP contribution in [0.5, 0.6) is 0 Å². The summed E-state index contributed by atoms with van der Waals surface area (Å²) in [7, 11) is -3.89. The maximum Gasteiger partial charge on any atom is 0.410 e. The van der Waals surface area contributed by atoms with E-state index in [0.717, 1.165) is 0 Å². The fraction of sp³-hybridized carbons (Fsp3) is 0.619. The first-order valence-electron chi connectivity index (χ1n) is 10.4. The van der Waals surface area contributed by atoms with Crippen molar-refractivity contribution in [2.24, 2.45) is 0 Å². The lowest BCUT2D eigenvalue weighted by Gasteiger charge is -2.28. The van der Waals surface area contributed by atoms with Crippen LogP contribution < -0.4 is 10.0 Å². The number of rotatable bonds is 5. The van der Waals surface area contributed by atoms with Crippen LogP contribution in [0.15, 0.2) is 32.0 Å². The van der Waals surface area contributed by atoms with Gasteiger partial charge in [0.05, 0.1) is 10.9 Å². The van der Waals surface area contributed by atoms with Crippen molar-refractivity contribution in [3.8, 4) is 0 Å². The summed E-state index contributed by atoms with van der Waals surface area (Å²) < 4.78 is 40.5. The Balaban J connectivity index is 2.18. The van der Waals surface area contributed by atoms with Gasteiger partial charge in [0, 0.05) is 27.1 Å². The number of nitrogens with one attached hydrogen (secondary N) is 2. The van der Waals surface area contributed by atoms with E-state index in [9.17, 15) is 18.0 Å². The topological polar surface area (TPSA) is 114 Å². The van der Waals surface area contributed by atoms with E-state index in [-0.39, 0.29) is 24.5 Å². The third-order valence-corrected chi connectivity index (χ3v) is 7.44. The molecule has 1 aromatic carbocycles. The number of nitrogens with zero attached hydrogens (tertiary/aromatic N) is 1. The zero-order valence-electron chi connectivity index (χ0n) is 19.6. The number of carbonyl (C=O) groups excluding carboxylic acids is 2. The van der Waals surface area contributed by atoms with Crippen LogP contribution in [-0.2, 0) is 19.5 Å². The highest BCUT2D eigenvalue weighted by Gasteiger charge is 2.40.